The normalized spacial score (nSPS) is 14.6. The van der Waals surface area contributed by atoms with Crippen molar-refractivity contribution < 1.29 is 9.90 Å². The van der Waals surface area contributed by atoms with E-state index in [-0.39, 0.29) is 18.4 Å². The zero-order chi connectivity index (χ0) is 12.9. The van der Waals surface area contributed by atoms with Gasteiger partial charge in [-0.2, -0.15) is 11.3 Å². The fourth-order valence-corrected chi connectivity index (χ4v) is 2.52. The molecule has 0 aliphatic carbocycles. The number of hydrogen-bond acceptors (Lipinski definition) is 3. The van der Waals surface area contributed by atoms with E-state index in [1.165, 1.54) is 0 Å². The van der Waals surface area contributed by atoms with E-state index in [9.17, 15) is 9.90 Å². The number of rotatable bonds is 6. The Balaban J connectivity index is 2.53. The largest absolute Gasteiger partial charge is 0.384 e. The van der Waals surface area contributed by atoms with E-state index in [1.54, 1.807) is 18.3 Å². The summed E-state index contributed by atoms with van der Waals surface area (Å²) in [6.07, 6.45) is 1.67. The van der Waals surface area contributed by atoms with E-state index in [4.69, 9.17) is 0 Å². The Hall–Kier alpha value is -0.870. The lowest BCUT2D eigenvalue weighted by molar-refractivity contribution is -0.126. The number of thiophene rings is 1. The van der Waals surface area contributed by atoms with E-state index in [2.05, 4.69) is 5.32 Å². The van der Waals surface area contributed by atoms with Gasteiger partial charge in [0.2, 0.25) is 5.91 Å². The third-order valence-corrected chi connectivity index (χ3v) is 3.79. The summed E-state index contributed by atoms with van der Waals surface area (Å²) in [6, 6.07) is 1.88. The highest BCUT2D eigenvalue weighted by Gasteiger charge is 2.25. The Morgan fingerprint density at radius 3 is 2.65 bits per heavy atom. The van der Waals surface area contributed by atoms with Gasteiger partial charge in [0.25, 0.3) is 0 Å². The van der Waals surface area contributed by atoms with Crippen LogP contribution in [-0.4, -0.2) is 17.6 Å². The summed E-state index contributed by atoms with van der Waals surface area (Å²) < 4.78 is 0. The van der Waals surface area contributed by atoms with Gasteiger partial charge in [-0.05, 0) is 42.2 Å². The first-order valence-corrected chi connectivity index (χ1v) is 6.98. The Kier molecular flexibility index (Phi) is 5.15. The molecule has 0 unspecified atom stereocenters. The first-order chi connectivity index (χ1) is 8.01. The Morgan fingerprint density at radius 1 is 1.53 bits per heavy atom. The Morgan fingerprint density at radius 2 is 2.18 bits per heavy atom. The molecule has 0 spiro atoms. The average Bonchev–Trinajstić information content (AvgIpc) is 2.82. The standard InChI is InChI=1S/C13H21NO2S/c1-4-10(5-2)12(15)14-9-13(3,16)11-6-7-17-8-11/h6-8,10,16H,4-5,9H2,1-3H3,(H,14,15)/t13-/m0/s1. The minimum Gasteiger partial charge on any atom is -0.384 e. The molecule has 17 heavy (non-hydrogen) atoms. The number of amides is 1. The van der Waals surface area contributed by atoms with Crippen molar-refractivity contribution in [1.29, 1.82) is 0 Å². The molecule has 0 aliphatic heterocycles. The van der Waals surface area contributed by atoms with Crippen LogP contribution in [0.2, 0.25) is 0 Å². The molecule has 1 heterocycles. The summed E-state index contributed by atoms with van der Waals surface area (Å²) in [4.78, 5) is 11.8. The van der Waals surface area contributed by atoms with E-state index in [1.807, 2.05) is 30.7 Å². The van der Waals surface area contributed by atoms with Crippen LogP contribution in [0, 0.1) is 5.92 Å². The monoisotopic (exact) mass is 255 g/mol. The van der Waals surface area contributed by atoms with Gasteiger partial charge < -0.3 is 10.4 Å². The van der Waals surface area contributed by atoms with Crippen molar-refractivity contribution in [1.82, 2.24) is 5.32 Å². The quantitative estimate of drug-likeness (QED) is 0.820. The zero-order valence-electron chi connectivity index (χ0n) is 10.7. The van der Waals surface area contributed by atoms with Crippen LogP contribution in [-0.2, 0) is 10.4 Å². The molecule has 2 N–H and O–H groups in total. The second-order valence-electron chi connectivity index (χ2n) is 4.52. The van der Waals surface area contributed by atoms with Crippen LogP contribution < -0.4 is 5.32 Å². The highest BCUT2D eigenvalue weighted by molar-refractivity contribution is 7.08. The molecule has 0 aliphatic rings. The van der Waals surface area contributed by atoms with E-state index in [0.717, 1.165) is 18.4 Å². The van der Waals surface area contributed by atoms with Crippen molar-refractivity contribution in [2.24, 2.45) is 5.92 Å². The number of nitrogens with one attached hydrogen (secondary N) is 1. The number of aliphatic hydroxyl groups is 1. The van der Waals surface area contributed by atoms with Crippen LogP contribution in [0.4, 0.5) is 0 Å². The smallest absolute Gasteiger partial charge is 0.223 e. The van der Waals surface area contributed by atoms with Gasteiger partial charge in [0.1, 0.15) is 5.60 Å². The molecule has 0 saturated heterocycles. The fourth-order valence-electron chi connectivity index (χ4n) is 1.74. The molecule has 1 amide bonds. The molecule has 4 heteroatoms. The molecule has 0 radical (unpaired) electrons. The highest BCUT2D eigenvalue weighted by atomic mass is 32.1. The van der Waals surface area contributed by atoms with Gasteiger partial charge in [0, 0.05) is 5.92 Å². The second-order valence-corrected chi connectivity index (χ2v) is 5.30. The molecule has 0 saturated carbocycles. The van der Waals surface area contributed by atoms with Crippen LogP contribution in [0.25, 0.3) is 0 Å². The van der Waals surface area contributed by atoms with Gasteiger partial charge in [-0.25, -0.2) is 0 Å². The lowest BCUT2D eigenvalue weighted by Gasteiger charge is -2.24. The lowest BCUT2D eigenvalue weighted by atomic mass is 9.98. The summed E-state index contributed by atoms with van der Waals surface area (Å²) in [5.41, 5.74) is -0.130. The first-order valence-electron chi connectivity index (χ1n) is 6.04. The molecule has 96 valence electrons. The van der Waals surface area contributed by atoms with Gasteiger partial charge in [0.05, 0.1) is 6.54 Å². The minimum atomic E-state index is -0.984. The second kappa shape index (κ2) is 6.17. The molecule has 0 aromatic carbocycles. The van der Waals surface area contributed by atoms with Gasteiger partial charge in [-0.1, -0.05) is 13.8 Å². The van der Waals surface area contributed by atoms with Crippen LogP contribution in [0.3, 0.4) is 0 Å². The number of carbonyl (C=O) groups excluding carboxylic acids is 1. The van der Waals surface area contributed by atoms with Crippen LogP contribution >= 0.6 is 11.3 Å². The predicted molar refractivity (Wildman–Crippen MR) is 71.0 cm³/mol. The molecule has 0 bridgehead atoms. The maximum atomic E-state index is 11.8. The topological polar surface area (TPSA) is 49.3 Å². The maximum absolute atomic E-state index is 11.8. The van der Waals surface area contributed by atoms with E-state index >= 15 is 0 Å². The van der Waals surface area contributed by atoms with Crippen LogP contribution in [0.5, 0.6) is 0 Å². The van der Waals surface area contributed by atoms with Crippen molar-refractivity contribution in [2.45, 2.75) is 39.2 Å². The van der Waals surface area contributed by atoms with Crippen molar-refractivity contribution in [3.05, 3.63) is 22.4 Å². The summed E-state index contributed by atoms with van der Waals surface area (Å²) in [5, 5.41) is 16.9. The average molecular weight is 255 g/mol. The van der Waals surface area contributed by atoms with E-state index in [0.29, 0.717) is 0 Å². The number of carbonyl (C=O) groups is 1. The molecule has 1 aromatic heterocycles. The van der Waals surface area contributed by atoms with Crippen LogP contribution in [0.15, 0.2) is 16.8 Å². The SMILES string of the molecule is CCC(CC)C(=O)NC[C@](C)(O)c1ccsc1. The Bertz CT molecular complexity index is 342. The highest BCUT2D eigenvalue weighted by Crippen LogP contribution is 2.22. The van der Waals surface area contributed by atoms with Gasteiger partial charge in [0.15, 0.2) is 0 Å². The van der Waals surface area contributed by atoms with Gasteiger partial charge in [-0.3, -0.25) is 4.79 Å². The molecule has 1 atom stereocenters. The fraction of sp³-hybridized carbons (Fsp3) is 0.615. The molecular formula is C13H21NO2S. The summed E-state index contributed by atoms with van der Waals surface area (Å²) in [7, 11) is 0. The predicted octanol–water partition coefficient (Wildman–Crippen LogP) is 2.51. The molecule has 0 fully saturated rings. The third kappa shape index (κ3) is 3.82. The van der Waals surface area contributed by atoms with Crippen molar-refractivity contribution in [2.75, 3.05) is 6.54 Å². The van der Waals surface area contributed by atoms with Gasteiger partial charge in [-0.15, -0.1) is 0 Å². The Labute approximate surface area is 107 Å². The summed E-state index contributed by atoms with van der Waals surface area (Å²) in [5.74, 6) is 0.0822. The van der Waals surface area contributed by atoms with Crippen molar-refractivity contribution >= 4 is 17.2 Å². The first kappa shape index (κ1) is 14.2. The summed E-state index contributed by atoms with van der Waals surface area (Å²) in [6.45, 7) is 6.00. The van der Waals surface area contributed by atoms with Crippen molar-refractivity contribution in [3.8, 4) is 0 Å². The maximum Gasteiger partial charge on any atom is 0.223 e. The molecule has 1 aromatic rings. The van der Waals surface area contributed by atoms with Crippen molar-refractivity contribution in [3.63, 3.8) is 0 Å². The molecular weight excluding hydrogens is 234 g/mol. The van der Waals surface area contributed by atoms with E-state index < -0.39 is 5.60 Å². The lowest BCUT2D eigenvalue weighted by Crippen LogP contribution is -2.40. The number of hydrogen-bond donors (Lipinski definition) is 2. The molecule has 3 nitrogen and oxygen atoms in total. The van der Waals surface area contributed by atoms with Gasteiger partial charge >= 0.3 is 0 Å². The minimum absolute atomic E-state index is 0.0329. The van der Waals surface area contributed by atoms with Crippen LogP contribution in [0.1, 0.15) is 39.2 Å². The molecule has 1 rings (SSSR count). The third-order valence-electron chi connectivity index (χ3n) is 3.11. The zero-order valence-corrected chi connectivity index (χ0v) is 11.5. The summed E-state index contributed by atoms with van der Waals surface area (Å²) >= 11 is 1.54.